The lowest BCUT2D eigenvalue weighted by atomic mass is 10.5. The van der Waals surface area contributed by atoms with Crippen LogP contribution in [0.15, 0.2) is 0 Å². The summed E-state index contributed by atoms with van der Waals surface area (Å²) in [5.41, 5.74) is 5.02. The highest BCUT2D eigenvalue weighted by Gasteiger charge is 2.24. The molecule has 0 spiro atoms. The molecule has 0 unspecified atom stereocenters. The molecular weight excluding hydrogens is 142 g/mol. The summed E-state index contributed by atoms with van der Waals surface area (Å²) < 4.78 is 0. The Labute approximate surface area is 54.4 Å². The Morgan fingerprint density at radius 1 is 1.22 bits per heavy atom. The van der Waals surface area contributed by atoms with Gasteiger partial charge in [0, 0.05) is 6.04 Å². The Kier molecular flexibility index (Phi) is 6.35. The van der Waals surface area contributed by atoms with Gasteiger partial charge in [0.25, 0.3) is 0 Å². The van der Waals surface area contributed by atoms with Crippen molar-refractivity contribution in [2.24, 2.45) is 5.73 Å². The Bertz CT molecular complexity index is 63.3. The van der Waals surface area contributed by atoms with E-state index in [-0.39, 0.29) is 11.5 Å². The predicted molar refractivity (Wildman–Crippen MR) is 34.5 cm³/mol. The highest BCUT2D eigenvalue weighted by Crippen LogP contribution is 1.97. The highest BCUT2D eigenvalue weighted by molar-refractivity contribution is 6.56. The maximum atomic E-state index is 8.34. The van der Waals surface area contributed by atoms with E-state index in [9.17, 15) is 0 Å². The average Bonchev–Trinajstić information content (AvgIpc) is 1.59. The van der Waals surface area contributed by atoms with Crippen LogP contribution < -0.4 is 5.73 Å². The van der Waals surface area contributed by atoms with E-state index < -0.39 is 8.80 Å². The van der Waals surface area contributed by atoms with Crippen molar-refractivity contribution in [1.29, 1.82) is 0 Å². The zero-order valence-corrected chi connectivity index (χ0v) is 6.04. The summed E-state index contributed by atoms with van der Waals surface area (Å²) in [6.07, 6.45) is 0.468. The summed E-state index contributed by atoms with van der Waals surface area (Å²) in [5, 5.41) is 0. The quantitative estimate of drug-likeness (QED) is 0.335. The lowest BCUT2D eigenvalue weighted by Crippen LogP contribution is -2.34. The molecule has 0 aliphatic heterocycles. The van der Waals surface area contributed by atoms with E-state index in [4.69, 9.17) is 20.1 Å². The molecule has 0 aromatic heterocycles. The molecule has 58 valence electrons. The van der Waals surface area contributed by atoms with Crippen LogP contribution in [0, 0.1) is 0 Å². The summed E-state index contributed by atoms with van der Waals surface area (Å²) in [5.74, 6) is 0. The summed E-state index contributed by atoms with van der Waals surface area (Å²) in [6, 6.07) is 0.0451. The molecule has 9 heavy (non-hydrogen) atoms. The van der Waals surface area contributed by atoms with Crippen LogP contribution >= 0.6 is 0 Å². The van der Waals surface area contributed by atoms with Crippen LogP contribution in [-0.2, 0) is 0 Å². The van der Waals surface area contributed by atoms with Gasteiger partial charge >= 0.3 is 8.80 Å². The minimum Gasteiger partial charge on any atom is -0.412 e. The first-order valence-corrected chi connectivity index (χ1v) is 4.48. The van der Waals surface area contributed by atoms with Gasteiger partial charge in [-0.3, -0.25) is 0 Å². The molecule has 0 aliphatic rings. The molecule has 0 aliphatic carbocycles. The van der Waals surface area contributed by atoms with Gasteiger partial charge < -0.3 is 25.6 Å². The molecule has 5 nitrogen and oxygen atoms in total. The Balaban J connectivity index is 0. The van der Waals surface area contributed by atoms with Crippen molar-refractivity contribution < 1.29 is 19.9 Å². The summed E-state index contributed by atoms with van der Waals surface area (Å²) in [4.78, 5) is 25.0. The van der Waals surface area contributed by atoms with E-state index in [2.05, 4.69) is 0 Å². The van der Waals surface area contributed by atoms with Gasteiger partial charge in [-0.05, 0) is 13.0 Å². The van der Waals surface area contributed by atoms with Crippen LogP contribution in [0.5, 0.6) is 0 Å². The second kappa shape index (κ2) is 4.85. The first-order chi connectivity index (χ1) is 3.56. The lowest BCUT2D eigenvalue weighted by Gasteiger charge is -2.06. The van der Waals surface area contributed by atoms with Crippen molar-refractivity contribution in [3.63, 3.8) is 0 Å². The van der Waals surface area contributed by atoms with Crippen LogP contribution in [0.25, 0.3) is 0 Å². The van der Waals surface area contributed by atoms with Crippen molar-refractivity contribution in [2.75, 3.05) is 6.54 Å². The van der Waals surface area contributed by atoms with Crippen LogP contribution in [0.4, 0.5) is 0 Å². The third kappa shape index (κ3) is 11.5. The summed E-state index contributed by atoms with van der Waals surface area (Å²) >= 11 is 0. The molecule has 0 fully saturated rings. The van der Waals surface area contributed by atoms with Gasteiger partial charge in [-0.25, -0.2) is 0 Å². The maximum absolute atomic E-state index is 8.34. The zero-order chi connectivity index (χ0) is 6.62. The lowest BCUT2D eigenvalue weighted by molar-refractivity contribution is 0.227. The molecule has 6 heteroatoms. The minimum absolute atomic E-state index is 0. The van der Waals surface area contributed by atoms with Gasteiger partial charge in [0.15, 0.2) is 0 Å². The van der Waals surface area contributed by atoms with Gasteiger partial charge in [0.1, 0.15) is 0 Å². The second-order valence-corrected chi connectivity index (χ2v) is 3.72. The minimum atomic E-state index is -3.76. The second-order valence-electron chi connectivity index (χ2n) is 1.67. The third-order valence-electron chi connectivity index (χ3n) is 0.716. The van der Waals surface area contributed by atoms with E-state index in [1.54, 1.807) is 0 Å². The van der Waals surface area contributed by atoms with E-state index in [1.165, 1.54) is 0 Å². The summed E-state index contributed by atoms with van der Waals surface area (Å²) in [7, 11) is -3.76. The first-order valence-electron chi connectivity index (χ1n) is 2.43. The fourth-order valence-electron chi connectivity index (χ4n) is 0.339. The van der Waals surface area contributed by atoms with Crippen molar-refractivity contribution in [3.8, 4) is 0 Å². The summed E-state index contributed by atoms with van der Waals surface area (Å²) in [6.45, 7) is 0.385. The predicted octanol–water partition coefficient (Wildman–Crippen LogP) is -2.57. The molecular formula is C3H13NO4Si. The molecule has 0 saturated carbocycles. The van der Waals surface area contributed by atoms with E-state index in [0.29, 0.717) is 13.0 Å². The molecule has 0 heterocycles. The van der Waals surface area contributed by atoms with E-state index in [0.717, 1.165) is 0 Å². The fraction of sp³-hybridized carbons (Fsp3) is 1.00. The van der Waals surface area contributed by atoms with Gasteiger partial charge in [0.2, 0.25) is 0 Å². The molecule has 0 saturated heterocycles. The van der Waals surface area contributed by atoms with Gasteiger partial charge in [0.05, 0.1) is 0 Å². The third-order valence-corrected chi connectivity index (χ3v) is 1.74. The SMILES string of the molecule is NCCC[Si](O)(O)O.O. The Morgan fingerprint density at radius 2 is 1.67 bits per heavy atom. The Morgan fingerprint density at radius 3 is 1.78 bits per heavy atom. The van der Waals surface area contributed by atoms with Crippen molar-refractivity contribution in [1.82, 2.24) is 0 Å². The van der Waals surface area contributed by atoms with Crippen molar-refractivity contribution >= 4 is 8.80 Å². The Hall–Kier alpha value is 0.0169. The van der Waals surface area contributed by atoms with Crippen LogP contribution in [0.1, 0.15) is 6.42 Å². The van der Waals surface area contributed by atoms with Crippen molar-refractivity contribution in [3.05, 3.63) is 0 Å². The van der Waals surface area contributed by atoms with E-state index in [1.807, 2.05) is 0 Å². The molecule has 0 aromatic carbocycles. The topological polar surface area (TPSA) is 118 Å². The van der Waals surface area contributed by atoms with Gasteiger partial charge in [-0.1, -0.05) is 0 Å². The number of hydrogen-bond donors (Lipinski definition) is 4. The molecule has 0 atom stereocenters. The van der Waals surface area contributed by atoms with Crippen LogP contribution in [-0.4, -0.2) is 35.2 Å². The molecule has 7 N–H and O–H groups in total. The van der Waals surface area contributed by atoms with Crippen LogP contribution in [0.2, 0.25) is 6.04 Å². The fourth-order valence-corrected chi connectivity index (χ4v) is 1.02. The number of nitrogens with two attached hydrogens (primary N) is 1. The average molecular weight is 155 g/mol. The zero-order valence-electron chi connectivity index (χ0n) is 5.04. The van der Waals surface area contributed by atoms with Gasteiger partial charge in [-0.15, -0.1) is 0 Å². The molecule has 0 radical (unpaired) electrons. The molecule has 0 bridgehead atoms. The largest absolute Gasteiger partial charge is 0.492 e. The maximum Gasteiger partial charge on any atom is 0.492 e. The highest BCUT2D eigenvalue weighted by atomic mass is 28.4. The molecule has 0 amide bonds. The standard InChI is InChI=1S/C3H11NO3Si.H2O/c4-2-1-3-8(5,6)7;/h5-7H,1-4H2;1H2. The van der Waals surface area contributed by atoms with Gasteiger partial charge in [-0.2, -0.15) is 0 Å². The molecule has 0 rings (SSSR count). The molecule has 0 aromatic rings. The van der Waals surface area contributed by atoms with E-state index >= 15 is 0 Å². The van der Waals surface area contributed by atoms with Crippen molar-refractivity contribution in [2.45, 2.75) is 12.5 Å². The first kappa shape index (κ1) is 11.8. The monoisotopic (exact) mass is 155 g/mol. The number of rotatable bonds is 3. The smallest absolute Gasteiger partial charge is 0.412 e. The van der Waals surface area contributed by atoms with Crippen LogP contribution in [0.3, 0.4) is 0 Å². The normalized spacial score (nSPS) is 10.7. The number of hydrogen-bond acceptors (Lipinski definition) is 4.